The van der Waals surface area contributed by atoms with Crippen molar-refractivity contribution in [2.24, 2.45) is 0 Å². The Hall–Kier alpha value is -1.96. The van der Waals surface area contributed by atoms with Crippen LogP contribution < -0.4 is 10.5 Å². The summed E-state index contributed by atoms with van der Waals surface area (Å²) in [5.41, 5.74) is 1.75. The zero-order chi connectivity index (χ0) is 19.2. The molecule has 0 aliphatic carbocycles. The van der Waals surface area contributed by atoms with Crippen molar-refractivity contribution in [3.05, 3.63) is 51.7 Å². The Morgan fingerprint density at radius 3 is 3.04 bits per heavy atom. The van der Waals surface area contributed by atoms with Crippen molar-refractivity contribution in [2.45, 2.75) is 25.4 Å². The Morgan fingerprint density at radius 2 is 2.30 bits per heavy atom. The number of hydrogen-bond acceptors (Lipinski definition) is 6. The maximum Gasteiger partial charge on any atom is 0.269 e. The van der Waals surface area contributed by atoms with Gasteiger partial charge in [-0.3, -0.25) is 9.69 Å². The predicted molar refractivity (Wildman–Crippen MR) is 106 cm³/mol. The number of rotatable bonds is 7. The number of ether oxygens (including phenoxy) is 1. The number of nitrogens with zero attached hydrogens (tertiary/aromatic N) is 5. The van der Waals surface area contributed by atoms with Crippen molar-refractivity contribution in [1.29, 1.82) is 0 Å². The molecule has 1 aliphatic rings. The van der Waals surface area contributed by atoms with Gasteiger partial charge in [-0.25, -0.2) is 9.67 Å². The molecule has 3 rings (SSSR count). The number of hydrogen-bond donors (Lipinski definition) is 0. The standard InChI is InChI=1S/C19H26ClN5O2/c1-23(9-10-27-2)17-11-18(26)25(22-12-17)16-6-4-8-24(14-16)13-15-5-3-7-21-19(15)20/h3,5,7,11-12,16H,4,6,8-10,13-14H2,1-2H3/t16-/m1/s1. The number of aromatic nitrogens is 3. The number of methoxy groups -OCH3 is 1. The smallest absolute Gasteiger partial charge is 0.269 e. The first-order valence-electron chi connectivity index (χ1n) is 9.19. The molecule has 1 saturated heterocycles. The van der Waals surface area contributed by atoms with Crippen LogP contribution in [0.25, 0.3) is 0 Å². The molecule has 27 heavy (non-hydrogen) atoms. The lowest BCUT2D eigenvalue weighted by molar-refractivity contribution is 0.160. The van der Waals surface area contributed by atoms with Crippen LogP contribution >= 0.6 is 11.6 Å². The second-order valence-corrected chi connectivity index (χ2v) is 7.25. The van der Waals surface area contributed by atoms with E-state index in [1.165, 1.54) is 0 Å². The monoisotopic (exact) mass is 391 g/mol. The summed E-state index contributed by atoms with van der Waals surface area (Å²) >= 11 is 6.19. The zero-order valence-electron chi connectivity index (χ0n) is 15.8. The third kappa shape index (κ3) is 5.06. The average molecular weight is 392 g/mol. The van der Waals surface area contributed by atoms with E-state index in [1.54, 1.807) is 30.3 Å². The first kappa shape index (κ1) is 19.8. The van der Waals surface area contributed by atoms with Crippen LogP contribution in [-0.2, 0) is 11.3 Å². The molecule has 0 unspecified atom stereocenters. The fourth-order valence-corrected chi connectivity index (χ4v) is 3.58. The molecule has 0 aromatic carbocycles. The summed E-state index contributed by atoms with van der Waals surface area (Å²) in [6, 6.07) is 5.61. The highest BCUT2D eigenvalue weighted by molar-refractivity contribution is 6.30. The van der Waals surface area contributed by atoms with Crippen molar-refractivity contribution in [1.82, 2.24) is 19.7 Å². The summed E-state index contributed by atoms with van der Waals surface area (Å²) in [4.78, 5) is 21.1. The second-order valence-electron chi connectivity index (χ2n) is 6.90. The molecule has 0 spiro atoms. The van der Waals surface area contributed by atoms with Crippen LogP contribution in [0.2, 0.25) is 5.15 Å². The van der Waals surface area contributed by atoms with Crippen molar-refractivity contribution in [3.8, 4) is 0 Å². The predicted octanol–water partition coefficient (Wildman–Crippen LogP) is 2.21. The molecule has 1 fully saturated rings. The van der Waals surface area contributed by atoms with Gasteiger partial charge in [-0.05, 0) is 25.5 Å². The van der Waals surface area contributed by atoms with Crippen molar-refractivity contribution in [3.63, 3.8) is 0 Å². The van der Waals surface area contributed by atoms with Gasteiger partial charge in [0.1, 0.15) is 5.15 Å². The number of pyridine rings is 1. The summed E-state index contributed by atoms with van der Waals surface area (Å²) in [6.45, 7) is 3.81. The van der Waals surface area contributed by atoms with Crippen LogP contribution in [0.1, 0.15) is 24.4 Å². The van der Waals surface area contributed by atoms with Crippen LogP contribution in [0.5, 0.6) is 0 Å². The Morgan fingerprint density at radius 1 is 1.44 bits per heavy atom. The lowest BCUT2D eigenvalue weighted by Crippen LogP contribution is -2.40. The number of likely N-dealkylation sites (tertiary alicyclic amines) is 1. The highest BCUT2D eigenvalue weighted by Gasteiger charge is 2.23. The average Bonchev–Trinajstić information content (AvgIpc) is 2.68. The summed E-state index contributed by atoms with van der Waals surface area (Å²) in [5.74, 6) is 0. The fourth-order valence-electron chi connectivity index (χ4n) is 3.40. The Bertz CT molecular complexity index is 813. The van der Waals surface area contributed by atoms with Gasteiger partial charge >= 0.3 is 0 Å². The van der Waals surface area contributed by atoms with E-state index in [2.05, 4.69) is 15.0 Å². The minimum Gasteiger partial charge on any atom is -0.383 e. The van der Waals surface area contributed by atoms with E-state index in [1.807, 2.05) is 24.1 Å². The van der Waals surface area contributed by atoms with Crippen molar-refractivity contribution in [2.75, 3.05) is 45.3 Å². The van der Waals surface area contributed by atoms with Gasteiger partial charge in [0.15, 0.2) is 0 Å². The van der Waals surface area contributed by atoms with Gasteiger partial charge in [0, 0.05) is 51.6 Å². The minimum atomic E-state index is -0.0666. The summed E-state index contributed by atoms with van der Waals surface area (Å²) in [7, 11) is 3.59. The SMILES string of the molecule is COCCN(C)c1cnn([C@@H]2CCCN(Cc3cccnc3Cl)C2)c(=O)c1. The molecule has 0 amide bonds. The Labute approximate surface area is 164 Å². The normalized spacial score (nSPS) is 17.8. The van der Waals surface area contributed by atoms with Crippen molar-refractivity contribution >= 4 is 17.3 Å². The van der Waals surface area contributed by atoms with E-state index >= 15 is 0 Å². The molecule has 1 aliphatic heterocycles. The van der Waals surface area contributed by atoms with Gasteiger partial charge in [-0.15, -0.1) is 0 Å². The van der Waals surface area contributed by atoms with E-state index in [0.717, 1.165) is 43.7 Å². The molecule has 8 heteroatoms. The lowest BCUT2D eigenvalue weighted by atomic mass is 10.1. The summed E-state index contributed by atoms with van der Waals surface area (Å²) in [5, 5.41) is 4.99. The number of halogens is 1. The second kappa shape index (κ2) is 9.30. The van der Waals surface area contributed by atoms with Crippen LogP contribution in [0.3, 0.4) is 0 Å². The van der Waals surface area contributed by atoms with Crippen LogP contribution in [0, 0.1) is 0 Å². The minimum absolute atomic E-state index is 0.0666. The molecular weight excluding hydrogens is 366 g/mol. The van der Waals surface area contributed by atoms with E-state index in [-0.39, 0.29) is 11.6 Å². The fraction of sp³-hybridized carbons (Fsp3) is 0.526. The van der Waals surface area contributed by atoms with Gasteiger partial charge in [-0.2, -0.15) is 5.10 Å². The quantitative estimate of drug-likeness (QED) is 0.674. The van der Waals surface area contributed by atoms with Gasteiger partial charge in [0.25, 0.3) is 5.56 Å². The topological polar surface area (TPSA) is 63.5 Å². The first-order chi connectivity index (χ1) is 13.1. The highest BCUT2D eigenvalue weighted by Crippen LogP contribution is 2.23. The maximum absolute atomic E-state index is 12.6. The molecule has 146 valence electrons. The molecule has 0 N–H and O–H groups in total. The number of piperidine rings is 1. The largest absolute Gasteiger partial charge is 0.383 e. The van der Waals surface area contributed by atoms with Crippen LogP contribution in [0.15, 0.2) is 35.4 Å². The molecular formula is C19H26ClN5O2. The van der Waals surface area contributed by atoms with Gasteiger partial charge in [0.05, 0.1) is 24.5 Å². The molecule has 0 saturated carbocycles. The summed E-state index contributed by atoms with van der Waals surface area (Å²) < 4.78 is 6.70. The van der Waals surface area contributed by atoms with E-state index < -0.39 is 0 Å². The van der Waals surface area contributed by atoms with Gasteiger partial charge in [0.2, 0.25) is 0 Å². The molecule has 2 aromatic rings. The van der Waals surface area contributed by atoms with E-state index in [9.17, 15) is 4.79 Å². The summed E-state index contributed by atoms with van der Waals surface area (Å²) in [6.07, 6.45) is 5.42. The molecule has 0 bridgehead atoms. The van der Waals surface area contributed by atoms with E-state index in [4.69, 9.17) is 16.3 Å². The molecule has 3 heterocycles. The van der Waals surface area contributed by atoms with E-state index in [0.29, 0.717) is 18.3 Å². The molecule has 1 atom stereocenters. The Kier molecular flexibility index (Phi) is 6.82. The maximum atomic E-state index is 12.6. The zero-order valence-corrected chi connectivity index (χ0v) is 16.6. The van der Waals surface area contributed by atoms with Crippen molar-refractivity contribution < 1.29 is 4.74 Å². The lowest BCUT2D eigenvalue weighted by Gasteiger charge is -2.33. The third-order valence-electron chi connectivity index (χ3n) is 4.94. The molecule has 7 nitrogen and oxygen atoms in total. The van der Waals surface area contributed by atoms with Crippen LogP contribution in [-0.4, -0.2) is 60.1 Å². The van der Waals surface area contributed by atoms with Gasteiger partial charge in [-0.1, -0.05) is 17.7 Å². The highest BCUT2D eigenvalue weighted by atomic mass is 35.5. The Balaban J connectivity index is 1.69. The number of anilines is 1. The molecule has 2 aromatic heterocycles. The number of likely N-dealkylation sites (N-methyl/N-ethyl adjacent to an activating group) is 1. The van der Waals surface area contributed by atoms with Gasteiger partial charge < -0.3 is 9.64 Å². The molecule has 0 radical (unpaired) electrons. The first-order valence-corrected chi connectivity index (χ1v) is 9.57. The van der Waals surface area contributed by atoms with Crippen LogP contribution in [0.4, 0.5) is 5.69 Å². The third-order valence-corrected chi connectivity index (χ3v) is 5.28.